The van der Waals surface area contributed by atoms with Gasteiger partial charge in [-0.15, -0.1) is 0 Å². The minimum Gasteiger partial charge on any atom is -0.368 e. The fourth-order valence-corrected chi connectivity index (χ4v) is 2.29. The van der Waals surface area contributed by atoms with E-state index in [1.807, 2.05) is 18.7 Å². The first-order chi connectivity index (χ1) is 6.65. The molecule has 2 atom stereocenters. The van der Waals surface area contributed by atoms with Gasteiger partial charge in [0, 0.05) is 19.2 Å². The van der Waals surface area contributed by atoms with E-state index >= 15 is 0 Å². The van der Waals surface area contributed by atoms with Gasteiger partial charge in [-0.05, 0) is 32.1 Å². The molecule has 0 saturated heterocycles. The summed E-state index contributed by atoms with van der Waals surface area (Å²) in [5, 5.41) is 7.89. The van der Waals surface area contributed by atoms with Crippen molar-refractivity contribution in [3.05, 3.63) is 11.8 Å². The van der Waals surface area contributed by atoms with Crippen LogP contribution in [0.25, 0.3) is 0 Å². The van der Waals surface area contributed by atoms with E-state index in [0.717, 1.165) is 17.4 Å². The highest BCUT2D eigenvalue weighted by molar-refractivity contribution is 5.37. The maximum Gasteiger partial charge on any atom is 0.124 e. The maximum absolute atomic E-state index is 4.33. The van der Waals surface area contributed by atoms with Crippen molar-refractivity contribution >= 4 is 5.82 Å². The predicted molar refractivity (Wildman–Crippen MR) is 58.4 cm³/mol. The summed E-state index contributed by atoms with van der Waals surface area (Å²) in [5.74, 6) is 2.03. The van der Waals surface area contributed by atoms with Crippen LogP contribution in [0.3, 0.4) is 0 Å². The maximum atomic E-state index is 4.33. The zero-order valence-electron chi connectivity index (χ0n) is 9.25. The Labute approximate surface area is 85.5 Å². The minimum absolute atomic E-state index is 0.653. The molecule has 1 aromatic heterocycles. The van der Waals surface area contributed by atoms with Crippen LogP contribution in [0.4, 0.5) is 5.82 Å². The van der Waals surface area contributed by atoms with Crippen LogP contribution in [0.1, 0.15) is 31.9 Å². The van der Waals surface area contributed by atoms with Crippen LogP contribution >= 0.6 is 0 Å². The van der Waals surface area contributed by atoms with Crippen molar-refractivity contribution in [2.24, 2.45) is 13.0 Å². The third-order valence-corrected chi connectivity index (χ3v) is 3.05. The number of nitrogens with zero attached hydrogens (tertiary/aromatic N) is 2. The lowest BCUT2D eigenvalue weighted by Gasteiger charge is -2.13. The van der Waals surface area contributed by atoms with Crippen molar-refractivity contribution in [1.29, 1.82) is 0 Å². The van der Waals surface area contributed by atoms with E-state index in [2.05, 4.69) is 23.4 Å². The van der Waals surface area contributed by atoms with Crippen LogP contribution in [0.15, 0.2) is 6.07 Å². The number of anilines is 1. The van der Waals surface area contributed by atoms with Gasteiger partial charge in [0.15, 0.2) is 0 Å². The van der Waals surface area contributed by atoms with Crippen LogP contribution in [0, 0.1) is 12.8 Å². The average Bonchev–Trinajstić information content (AvgIpc) is 2.61. The first-order valence-electron chi connectivity index (χ1n) is 5.42. The summed E-state index contributed by atoms with van der Waals surface area (Å²) < 4.78 is 1.93. The van der Waals surface area contributed by atoms with E-state index in [1.165, 1.54) is 19.3 Å². The van der Waals surface area contributed by atoms with Crippen molar-refractivity contribution in [2.45, 2.75) is 39.2 Å². The Bertz CT molecular complexity index is 316. The fraction of sp³-hybridized carbons (Fsp3) is 0.727. The van der Waals surface area contributed by atoms with Crippen molar-refractivity contribution in [1.82, 2.24) is 9.78 Å². The molecule has 1 aliphatic carbocycles. The van der Waals surface area contributed by atoms with Gasteiger partial charge in [0.2, 0.25) is 0 Å². The number of aromatic nitrogens is 2. The van der Waals surface area contributed by atoms with E-state index < -0.39 is 0 Å². The Morgan fingerprint density at radius 3 is 2.79 bits per heavy atom. The molecule has 1 fully saturated rings. The molecular weight excluding hydrogens is 174 g/mol. The minimum atomic E-state index is 0.653. The highest BCUT2D eigenvalue weighted by Gasteiger charge is 2.21. The van der Waals surface area contributed by atoms with Crippen LogP contribution in [0.5, 0.6) is 0 Å². The molecule has 0 aromatic carbocycles. The Morgan fingerprint density at radius 2 is 2.29 bits per heavy atom. The number of hydrogen-bond acceptors (Lipinski definition) is 2. The van der Waals surface area contributed by atoms with Gasteiger partial charge in [-0.3, -0.25) is 4.68 Å². The second-order valence-corrected chi connectivity index (χ2v) is 4.55. The number of hydrogen-bond donors (Lipinski definition) is 1. The molecule has 3 heteroatoms. The molecule has 14 heavy (non-hydrogen) atoms. The van der Waals surface area contributed by atoms with Crippen molar-refractivity contribution < 1.29 is 0 Å². The Kier molecular flexibility index (Phi) is 2.48. The van der Waals surface area contributed by atoms with Crippen molar-refractivity contribution in [3.8, 4) is 0 Å². The molecular formula is C11H19N3. The van der Waals surface area contributed by atoms with E-state index in [9.17, 15) is 0 Å². The molecule has 0 amide bonds. The molecule has 2 unspecified atom stereocenters. The molecule has 0 bridgehead atoms. The average molecular weight is 193 g/mol. The smallest absolute Gasteiger partial charge is 0.124 e. The van der Waals surface area contributed by atoms with E-state index in [0.29, 0.717) is 6.04 Å². The third-order valence-electron chi connectivity index (χ3n) is 3.05. The molecule has 1 aromatic rings. The highest BCUT2D eigenvalue weighted by Crippen LogP contribution is 2.27. The van der Waals surface area contributed by atoms with Crippen LogP contribution < -0.4 is 5.32 Å². The van der Waals surface area contributed by atoms with Gasteiger partial charge in [-0.25, -0.2) is 0 Å². The second-order valence-electron chi connectivity index (χ2n) is 4.55. The van der Waals surface area contributed by atoms with Crippen LogP contribution in [-0.4, -0.2) is 15.8 Å². The standard InChI is InChI=1S/C11H19N3/c1-8-4-5-10(6-8)12-11-7-9(2)13-14(11)3/h7-8,10,12H,4-6H2,1-3H3. The molecule has 1 aliphatic rings. The van der Waals surface area contributed by atoms with Gasteiger partial charge in [-0.1, -0.05) is 6.92 Å². The number of aryl methyl sites for hydroxylation is 2. The number of nitrogens with one attached hydrogen (secondary N) is 1. The predicted octanol–water partition coefficient (Wildman–Crippen LogP) is 2.33. The summed E-state index contributed by atoms with van der Waals surface area (Å²) in [7, 11) is 1.99. The molecule has 0 spiro atoms. The molecule has 2 rings (SSSR count). The fourth-order valence-electron chi connectivity index (χ4n) is 2.29. The molecule has 0 aliphatic heterocycles. The second kappa shape index (κ2) is 3.64. The molecule has 3 nitrogen and oxygen atoms in total. The largest absolute Gasteiger partial charge is 0.368 e. The monoisotopic (exact) mass is 193 g/mol. The summed E-state index contributed by atoms with van der Waals surface area (Å²) in [4.78, 5) is 0. The first-order valence-corrected chi connectivity index (χ1v) is 5.42. The van der Waals surface area contributed by atoms with Crippen molar-refractivity contribution in [3.63, 3.8) is 0 Å². The normalized spacial score (nSPS) is 26.8. The zero-order chi connectivity index (χ0) is 10.1. The lowest BCUT2D eigenvalue weighted by Crippen LogP contribution is -2.17. The topological polar surface area (TPSA) is 29.9 Å². The van der Waals surface area contributed by atoms with Gasteiger partial charge in [0.25, 0.3) is 0 Å². The first kappa shape index (κ1) is 9.56. The van der Waals surface area contributed by atoms with Gasteiger partial charge in [-0.2, -0.15) is 5.10 Å². The summed E-state index contributed by atoms with van der Waals surface area (Å²) >= 11 is 0. The summed E-state index contributed by atoms with van der Waals surface area (Å²) in [6.07, 6.45) is 3.95. The molecule has 1 heterocycles. The van der Waals surface area contributed by atoms with Crippen molar-refractivity contribution in [2.75, 3.05) is 5.32 Å². The summed E-state index contributed by atoms with van der Waals surface area (Å²) in [6.45, 7) is 4.36. The molecule has 1 N–H and O–H groups in total. The lowest BCUT2D eigenvalue weighted by molar-refractivity contribution is 0.600. The van der Waals surface area contributed by atoms with Gasteiger partial charge >= 0.3 is 0 Å². The highest BCUT2D eigenvalue weighted by atomic mass is 15.3. The van der Waals surface area contributed by atoms with Gasteiger partial charge < -0.3 is 5.32 Å². The SMILES string of the molecule is Cc1cc(NC2CCC(C)C2)n(C)n1. The zero-order valence-corrected chi connectivity index (χ0v) is 9.25. The lowest BCUT2D eigenvalue weighted by atomic mass is 10.1. The van der Waals surface area contributed by atoms with Crippen LogP contribution in [-0.2, 0) is 7.05 Å². The Balaban J connectivity index is 2.00. The van der Waals surface area contributed by atoms with E-state index in [1.54, 1.807) is 0 Å². The quantitative estimate of drug-likeness (QED) is 0.781. The van der Waals surface area contributed by atoms with Crippen LogP contribution in [0.2, 0.25) is 0 Å². The molecule has 78 valence electrons. The van der Waals surface area contributed by atoms with Gasteiger partial charge in [0.05, 0.1) is 5.69 Å². The summed E-state index contributed by atoms with van der Waals surface area (Å²) in [5.41, 5.74) is 1.08. The Hall–Kier alpha value is -0.990. The van der Waals surface area contributed by atoms with E-state index in [-0.39, 0.29) is 0 Å². The Morgan fingerprint density at radius 1 is 1.50 bits per heavy atom. The molecule has 0 radical (unpaired) electrons. The van der Waals surface area contributed by atoms with Gasteiger partial charge in [0.1, 0.15) is 5.82 Å². The third kappa shape index (κ3) is 1.91. The van der Waals surface area contributed by atoms with E-state index in [4.69, 9.17) is 0 Å². The summed E-state index contributed by atoms with van der Waals surface area (Å²) in [6, 6.07) is 2.77. The molecule has 1 saturated carbocycles. The number of rotatable bonds is 2.